The molecule has 22 heteroatoms. The van der Waals surface area contributed by atoms with Gasteiger partial charge in [-0.2, -0.15) is 0 Å². The Morgan fingerprint density at radius 2 is 0.917 bits per heavy atom. The van der Waals surface area contributed by atoms with Crippen molar-refractivity contribution in [1.29, 1.82) is 0 Å². The van der Waals surface area contributed by atoms with Crippen LogP contribution in [-0.4, -0.2) is 221 Å². The summed E-state index contributed by atoms with van der Waals surface area (Å²) in [7, 11) is 0. The highest BCUT2D eigenvalue weighted by Crippen LogP contribution is 2.34. The first-order valence-electron chi connectivity index (χ1n) is 15.1. The van der Waals surface area contributed by atoms with E-state index in [4.69, 9.17) is 33.2 Å². The second-order valence-electron chi connectivity index (χ2n) is 11.9. The van der Waals surface area contributed by atoms with Gasteiger partial charge >= 0.3 is 0 Å². The number of aliphatic hydroxyl groups excluding tert-OH is 13. The van der Waals surface area contributed by atoms with Crippen molar-refractivity contribution in [3.8, 4) is 0 Å². The van der Waals surface area contributed by atoms with Gasteiger partial charge in [-0.05, 0) is 0 Å². The van der Waals surface area contributed by atoms with Crippen molar-refractivity contribution < 1.29 is 104 Å². The minimum Gasteiger partial charge on any atom is -0.394 e. The maximum atomic E-state index is 11.6. The van der Waals surface area contributed by atoms with E-state index in [1.54, 1.807) is 0 Å². The Balaban J connectivity index is 1.48. The van der Waals surface area contributed by atoms with Crippen molar-refractivity contribution in [1.82, 2.24) is 5.32 Å². The lowest BCUT2D eigenvalue weighted by atomic mass is 9.95. The summed E-state index contributed by atoms with van der Waals surface area (Å²) in [6.07, 6.45) is -33.6. The standard InChI is InChI=1S/C26H45NO21/c1-6(32)27-11-14(35)20(9(4-30)42-23(11)41)46-25-18(39)16(37)21(10(5-31)45-25)47-26-19(40)22(13(34)8(3-29)44-26)48-24-17(38)15(36)12(33)7(2-28)43-24/h7-26,28-31,33-41H,2-5H2,1H3,(H,27,32)/t7-,8-,9-,10-,11+,12+,13+,14-,15+,16-,17-,18-,19-,20-,21+,22+,23-,24-,25+,26+/m1/s1. The molecule has 4 fully saturated rings. The van der Waals surface area contributed by atoms with Crippen LogP contribution in [0.15, 0.2) is 0 Å². The lowest BCUT2D eigenvalue weighted by Gasteiger charge is -2.49. The van der Waals surface area contributed by atoms with Gasteiger partial charge in [-0.1, -0.05) is 0 Å². The number of hydrogen-bond acceptors (Lipinski definition) is 21. The van der Waals surface area contributed by atoms with E-state index in [0.29, 0.717) is 0 Å². The van der Waals surface area contributed by atoms with Gasteiger partial charge in [0.15, 0.2) is 25.2 Å². The molecule has 14 N–H and O–H groups in total. The van der Waals surface area contributed by atoms with Crippen molar-refractivity contribution in [3.05, 3.63) is 0 Å². The predicted octanol–water partition coefficient (Wildman–Crippen LogP) is -9.61. The zero-order valence-corrected chi connectivity index (χ0v) is 25.5. The fourth-order valence-corrected chi connectivity index (χ4v) is 5.94. The number of nitrogens with one attached hydrogen (secondary N) is 1. The van der Waals surface area contributed by atoms with Crippen LogP contribution in [0.5, 0.6) is 0 Å². The normalized spacial score (nSPS) is 50.2. The molecule has 22 nitrogen and oxygen atoms in total. The first-order valence-corrected chi connectivity index (χ1v) is 15.1. The van der Waals surface area contributed by atoms with Crippen molar-refractivity contribution in [2.75, 3.05) is 26.4 Å². The molecule has 0 bridgehead atoms. The molecule has 0 aromatic carbocycles. The van der Waals surface area contributed by atoms with Crippen molar-refractivity contribution >= 4 is 5.91 Å². The third-order valence-electron chi connectivity index (χ3n) is 8.61. The number of aliphatic hydroxyl groups is 13. The average Bonchev–Trinajstić information content (AvgIpc) is 3.06. The van der Waals surface area contributed by atoms with Crippen molar-refractivity contribution in [2.45, 2.75) is 130 Å². The van der Waals surface area contributed by atoms with Crippen LogP contribution >= 0.6 is 0 Å². The Morgan fingerprint density at radius 1 is 0.500 bits per heavy atom. The maximum Gasteiger partial charge on any atom is 0.217 e. The van der Waals surface area contributed by atoms with E-state index in [1.807, 2.05) is 0 Å². The molecule has 0 aliphatic carbocycles. The molecule has 48 heavy (non-hydrogen) atoms. The van der Waals surface area contributed by atoms with Crippen LogP contribution in [0, 0.1) is 0 Å². The summed E-state index contributed by atoms with van der Waals surface area (Å²) in [6.45, 7) is -2.33. The number of rotatable bonds is 11. The predicted molar refractivity (Wildman–Crippen MR) is 145 cm³/mol. The molecule has 4 aliphatic heterocycles. The summed E-state index contributed by atoms with van der Waals surface area (Å²) < 4.78 is 38.3. The van der Waals surface area contributed by atoms with Gasteiger partial charge in [0.2, 0.25) is 5.91 Å². The molecule has 0 spiro atoms. The van der Waals surface area contributed by atoms with Gasteiger partial charge in [0.1, 0.15) is 97.6 Å². The SMILES string of the molecule is CC(=O)N[C@H]1[C@@H](O)[C@H](O[C@@H]2O[C@H](CO)[C@H](O[C@@H]3O[C@H](CO)[C@H](O)[C@H](O[C@H]4O[C@H](CO)[C@H](O)[C@H](O)[C@H]4O)[C@H]3O)[C@H](O)[C@H]2O)[C@@H](CO)O[C@H]1O. The average molecular weight is 708 g/mol. The van der Waals surface area contributed by atoms with E-state index in [-0.39, 0.29) is 0 Å². The van der Waals surface area contributed by atoms with Gasteiger partial charge in [-0.25, -0.2) is 0 Å². The molecule has 1 amide bonds. The highest BCUT2D eigenvalue weighted by Gasteiger charge is 2.55. The largest absolute Gasteiger partial charge is 0.394 e. The van der Waals surface area contributed by atoms with Gasteiger partial charge in [-0.15, -0.1) is 0 Å². The van der Waals surface area contributed by atoms with Crippen LogP contribution in [-0.2, 0) is 38.0 Å². The van der Waals surface area contributed by atoms with Crippen molar-refractivity contribution in [2.24, 2.45) is 0 Å². The number of carbonyl (C=O) groups excluding carboxylic acids is 1. The highest BCUT2D eigenvalue weighted by molar-refractivity contribution is 5.73. The minimum atomic E-state index is -2.03. The molecule has 280 valence electrons. The summed E-state index contributed by atoms with van der Waals surface area (Å²) in [6, 6.07) is -1.44. The third kappa shape index (κ3) is 8.08. The molecule has 4 heterocycles. The zero-order chi connectivity index (χ0) is 35.6. The Kier molecular flexibility index (Phi) is 13.8. The van der Waals surface area contributed by atoms with Gasteiger partial charge in [0, 0.05) is 6.92 Å². The number of hydrogen-bond donors (Lipinski definition) is 14. The van der Waals surface area contributed by atoms with Crippen LogP contribution in [0.25, 0.3) is 0 Å². The molecule has 4 aliphatic rings. The van der Waals surface area contributed by atoms with Crippen LogP contribution in [0.1, 0.15) is 6.92 Å². The third-order valence-corrected chi connectivity index (χ3v) is 8.61. The van der Waals surface area contributed by atoms with Crippen LogP contribution in [0.3, 0.4) is 0 Å². The van der Waals surface area contributed by atoms with Crippen LogP contribution < -0.4 is 5.32 Å². The Labute approximate surface area is 272 Å². The molecule has 4 rings (SSSR count). The lowest BCUT2D eigenvalue weighted by Crippen LogP contribution is -2.68. The molecule has 0 aromatic heterocycles. The molecular weight excluding hydrogens is 662 g/mol. The smallest absolute Gasteiger partial charge is 0.217 e. The van der Waals surface area contributed by atoms with E-state index in [1.165, 1.54) is 0 Å². The number of ether oxygens (including phenoxy) is 7. The fraction of sp³-hybridized carbons (Fsp3) is 0.962. The zero-order valence-electron chi connectivity index (χ0n) is 25.5. The van der Waals surface area contributed by atoms with Crippen LogP contribution in [0.4, 0.5) is 0 Å². The summed E-state index contributed by atoms with van der Waals surface area (Å²) in [4.78, 5) is 11.6. The molecule has 20 atom stereocenters. The second-order valence-corrected chi connectivity index (χ2v) is 11.9. The Bertz CT molecular complexity index is 1030. The molecule has 0 saturated carbocycles. The molecule has 0 radical (unpaired) electrons. The van der Waals surface area contributed by atoms with E-state index < -0.39 is 155 Å². The Hall–Kier alpha value is -1.33. The van der Waals surface area contributed by atoms with E-state index in [0.717, 1.165) is 6.92 Å². The van der Waals surface area contributed by atoms with Gasteiger partial charge in [-0.3, -0.25) is 4.79 Å². The molecular formula is C26H45NO21. The maximum absolute atomic E-state index is 11.6. The minimum absolute atomic E-state index is 0.656. The van der Waals surface area contributed by atoms with Crippen molar-refractivity contribution in [3.63, 3.8) is 0 Å². The molecule has 0 unspecified atom stereocenters. The van der Waals surface area contributed by atoms with Crippen LogP contribution in [0.2, 0.25) is 0 Å². The summed E-state index contributed by atoms with van der Waals surface area (Å²) in [5.74, 6) is -0.656. The highest BCUT2D eigenvalue weighted by atomic mass is 16.8. The lowest BCUT2D eigenvalue weighted by molar-refractivity contribution is -0.386. The Morgan fingerprint density at radius 3 is 1.44 bits per heavy atom. The van der Waals surface area contributed by atoms with Gasteiger partial charge in [0.05, 0.1) is 26.4 Å². The molecule has 0 aromatic rings. The van der Waals surface area contributed by atoms with E-state index in [9.17, 15) is 71.2 Å². The van der Waals surface area contributed by atoms with E-state index >= 15 is 0 Å². The molecule has 4 saturated heterocycles. The summed E-state index contributed by atoms with van der Waals surface area (Å²) in [5, 5.41) is 137. The second kappa shape index (κ2) is 16.8. The number of carbonyl (C=O) groups is 1. The summed E-state index contributed by atoms with van der Waals surface area (Å²) in [5.41, 5.74) is 0. The first-order chi connectivity index (χ1) is 22.7. The number of amides is 1. The first kappa shape index (κ1) is 39.5. The fourth-order valence-electron chi connectivity index (χ4n) is 5.94. The topological polar surface area (TPSA) is 357 Å². The van der Waals surface area contributed by atoms with Gasteiger partial charge < -0.3 is 105 Å². The summed E-state index contributed by atoms with van der Waals surface area (Å²) >= 11 is 0. The van der Waals surface area contributed by atoms with Gasteiger partial charge in [0.25, 0.3) is 0 Å². The quantitative estimate of drug-likeness (QED) is 0.0947. The van der Waals surface area contributed by atoms with E-state index in [2.05, 4.69) is 5.32 Å². The monoisotopic (exact) mass is 707 g/mol.